The summed E-state index contributed by atoms with van der Waals surface area (Å²) < 4.78 is 10.8. The van der Waals surface area contributed by atoms with Crippen molar-refractivity contribution in [3.8, 4) is 18.2 Å². The number of nitrogens with two attached hydrogens (primary N) is 1. The number of hydrogen-bond donors (Lipinski definition) is 2. The molecular formula is C12H18N4O2. The summed E-state index contributed by atoms with van der Waals surface area (Å²) in [6, 6.07) is 1.58. The van der Waals surface area contributed by atoms with Crippen molar-refractivity contribution in [2.75, 3.05) is 12.0 Å². The Kier molecular flexibility index (Phi) is 4.89. The van der Waals surface area contributed by atoms with Crippen LogP contribution in [-0.4, -0.2) is 22.2 Å². The van der Waals surface area contributed by atoms with Crippen molar-refractivity contribution in [3.05, 3.63) is 11.9 Å². The molecule has 0 saturated heterocycles. The fraction of sp³-hybridized carbons (Fsp3) is 0.500. The molecule has 0 spiro atoms. The first-order valence-electron chi connectivity index (χ1n) is 5.60. The van der Waals surface area contributed by atoms with Gasteiger partial charge in [0.05, 0.1) is 0 Å². The van der Waals surface area contributed by atoms with Crippen LogP contribution in [0.3, 0.4) is 0 Å². The van der Waals surface area contributed by atoms with Crippen LogP contribution in [0.2, 0.25) is 0 Å². The highest BCUT2D eigenvalue weighted by Gasteiger charge is 2.17. The molecule has 0 aliphatic heterocycles. The molecular weight excluding hydrogens is 232 g/mol. The molecule has 0 unspecified atom stereocenters. The Morgan fingerprint density at radius 3 is 2.78 bits per heavy atom. The van der Waals surface area contributed by atoms with E-state index in [4.69, 9.17) is 21.7 Å². The molecule has 0 bridgehead atoms. The monoisotopic (exact) mass is 250 g/mol. The fourth-order valence-electron chi connectivity index (χ4n) is 1.15. The molecule has 1 aromatic heterocycles. The van der Waals surface area contributed by atoms with Gasteiger partial charge in [-0.25, -0.2) is 10.8 Å². The quantitative estimate of drug-likeness (QED) is 0.447. The number of rotatable bonds is 6. The van der Waals surface area contributed by atoms with Crippen LogP contribution in [0, 0.1) is 12.3 Å². The average molecular weight is 250 g/mol. The van der Waals surface area contributed by atoms with Crippen molar-refractivity contribution >= 4 is 5.82 Å². The van der Waals surface area contributed by atoms with E-state index in [9.17, 15) is 0 Å². The number of hydrogen-bond acceptors (Lipinski definition) is 6. The highest BCUT2D eigenvalue weighted by atomic mass is 16.5. The van der Waals surface area contributed by atoms with Gasteiger partial charge < -0.3 is 14.9 Å². The molecule has 0 aliphatic carbocycles. The van der Waals surface area contributed by atoms with Gasteiger partial charge in [0.15, 0.2) is 11.4 Å². The standard InChI is InChI=1S/C12H18N4O2/c1-5-12(3,4)18-11-7-9(16-13)14-10(15-11)8-17-6-2/h1,7H,6,8,13H2,2-4H3,(H,14,15,16). The Balaban J connectivity index is 2.94. The normalized spacial score (nSPS) is 10.8. The predicted molar refractivity (Wildman–Crippen MR) is 68.7 cm³/mol. The van der Waals surface area contributed by atoms with Gasteiger partial charge in [-0.1, -0.05) is 5.92 Å². The molecule has 6 heteroatoms. The Bertz CT molecular complexity index is 440. The molecule has 1 rings (SSSR count). The lowest BCUT2D eigenvalue weighted by Crippen LogP contribution is -2.26. The van der Waals surface area contributed by atoms with Crippen molar-refractivity contribution in [1.29, 1.82) is 0 Å². The molecule has 98 valence electrons. The minimum absolute atomic E-state index is 0.291. The number of terminal acetylenes is 1. The van der Waals surface area contributed by atoms with Gasteiger partial charge in [0.25, 0.3) is 0 Å². The molecule has 1 aromatic rings. The Morgan fingerprint density at radius 2 is 2.22 bits per heavy atom. The van der Waals surface area contributed by atoms with E-state index < -0.39 is 5.60 Å². The van der Waals surface area contributed by atoms with Gasteiger partial charge >= 0.3 is 0 Å². The van der Waals surface area contributed by atoms with Crippen LogP contribution in [0.15, 0.2) is 6.07 Å². The summed E-state index contributed by atoms with van der Waals surface area (Å²) in [6.45, 7) is 6.30. The lowest BCUT2D eigenvalue weighted by Gasteiger charge is -2.19. The van der Waals surface area contributed by atoms with E-state index in [1.54, 1.807) is 19.9 Å². The molecule has 0 atom stereocenters. The third-order valence-corrected chi connectivity index (χ3v) is 2.04. The van der Waals surface area contributed by atoms with E-state index in [-0.39, 0.29) is 0 Å². The summed E-state index contributed by atoms with van der Waals surface area (Å²) >= 11 is 0. The molecule has 0 aliphatic rings. The molecule has 6 nitrogen and oxygen atoms in total. The van der Waals surface area contributed by atoms with Gasteiger partial charge in [0.2, 0.25) is 5.88 Å². The van der Waals surface area contributed by atoms with E-state index >= 15 is 0 Å². The number of aromatic nitrogens is 2. The van der Waals surface area contributed by atoms with E-state index in [1.165, 1.54) is 0 Å². The highest BCUT2D eigenvalue weighted by Crippen LogP contribution is 2.18. The van der Waals surface area contributed by atoms with Gasteiger partial charge in [-0.05, 0) is 20.8 Å². The van der Waals surface area contributed by atoms with Gasteiger partial charge in [-0.15, -0.1) is 6.42 Å². The van der Waals surface area contributed by atoms with Crippen LogP contribution in [0.5, 0.6) is 5.88 Å². The summed E-state index contributed by atoms with van der Waals surface area (Å²) in [5, 5.41) is 0. The van der Waals surface area contributed by atoms with E-state index in [0.717, 1.165) is 0 Å². The first-order valence-corrected chi connectivity index (χ1v) is 5.60. The predicted octanol–water partition coefficient (Wildman–Crippen LogP) is 1.09. The maximum Gasteiger partial charge on any atom is 0.220 e. The zero-order valence-electron chi connectivity index (χ0n) is 10.9. The number of ether oxygens (including phenoxy) is 2. The lowest BCUT2D eigenvalue weighted by atomic mass is 10.1. The Morgan fingerprint density at radius 1 is 1.50 bits per heavy atom. The maximum absolute atomic E-state index is 5.58. The van der Waals surface area contributed by atoms with Crippen molar-refractivity contribution in [1.82, 2.24) is 9.97 Å². The first-order chi connectivity index (χ1) is 8.50. The van der Waals surface area contributed by atoms with Crippen molar-refractivity contribution in [2.24, 2.45) is 5.84 Å². The summed E-state index contributed by atoms with van der Waals surface area (Å²) in [4.78, 5) is 8.34. The second-order valence-corrected chi connectivity index (χ2v) is 4.05. The number of nitrogens with zero attached hydrogens (tertiary/aromatic N) is 2. The van der Waals surface area contributed by atoms with Crippen LogP contribution >= 0.6 is 0 Å². The smallest absolute Gasteiger partial charge is 0.220 e. The van der Waals surface area contributed by atoms with Crippen LogP contribution < -0.4 is 16.0 Å². The molecule has 18 heavy (non-hydrogen) atoms. The maximum atomic E-state index is 5.58. The Labute approximate surface area is 107 Å². The van der Waals surface area contributed by atoms with E-state index in [0.29, 0.717) is 30.7 Å². The molecule has 0 aromatic carbocycles. The molecule has 0 radical (unpaired) electrons. The van der Waals surface area contributed by atoms with Crippen LogP contribution in [-0.2, 0) is 11.3 Å². The molecule has 3 N–H and O–H groups in total. The Hall–Kier alpha value is -1.84. The second kappa shape index (κ2) is 6.19. The third-order valence-electron chi connectivity index (χ3n) is 2.04. The minimum atomic E-state index is -0.747. The van der Waals surface area contributed by atoms with Crippen molar-refractivity contribution < 1.29 is 9.47 Å². The van der Waals surface area contributed by atoms with Crippen LogP contribution in [0.25, 0.3) is 0 Å². The largest absolute Gasteiger partial charge is 0.458 e. The van der Waals surface area contributed by atoms with Crippen molar-refractivity contribution in [2.45, 2.75) is 33.0 Å². The molecule has 0 saturated carbocycles. The highest BCUT2D eigenvalue weighted by molar-refractivity contribution is 5.37. The zero-order chi connectivity index (χ0) is 13.6. The summed E-state index contributed by atoms with van der Waals surface area (Å²) in [6.07, 6.45) is 5.36. The first kappa shape index (κ1) is 14.2. The zero-order valence-corrected chi connectivity index (χ0v) is 10.9. The van der Waals surface area contributed by atoms with Crippen LogP contribution in [0.4, 0.5) is 5.82 Å². The number of nitrogen functional groups attached to an aromatic ring is 1. The second-order valence-electron chi connectivity index (χ2n) is 4.05. The van der Waals surface area contributed by atoms with Gasteiger partial charge in [-0.3, -0.25) is 0 Å². The van der Waals surface area contributed by atoms with Crippen LogP contribution in [0.1, 0.15) is 26.6 Å². The van der Waals surface area contributed by atoms with Crippen molar-refractivity contribution in [3.63, 3.8) is 0 Å². The number of hydrazine groups is 1. The molecule has 1 heterocycles. The molecule has 0 amide bonds. The number of anilines is 1. The summed E-state index contributed by atoms with van der Waals surface area (Å²) in [5.41, 5.74) is 1.70. The average Bonchev–Trinajstić information content (AvgIpc) is 2.35. The van der Waals surface area contributed by atoms with Gasteiger partial charge in [-0.2, -0.15) is 4.98 Å². The molecule has 0 fully saturated rings. The number of nitrogens with one attached hydrogen (secondary N) is 1. The van der Waals surface area contributed by atoms with Gasteiger partial charge in [0, 0.05) is 12.7 Å². The minimum Gasteiger partial charge on any atom is -0.458 e. The topological polar surface area (TPSA) is 82.3 Å². The fourth-order valence-corrected chi connectivity index (χ4v) is 1.15. The van der Waals surface area contributed by atoms with Gasteiger partial charge in [0.1, 0.15) is 12.4 Å². The lowest BCUT2D eigenvalue weighted by molar-refractivity contribution is 0.124. The SMILES string of the molecule is C#CC(C)(C)Oc1cc(NN)nc(COCC)n1. The summed E-state index contributed by atoms with van der Waals surface area (Å²) in [5.74, 6) is 9.15. The van der Waals surface area contributed by atoms with E-state index in [1.807, 2.05) is 6.92 Å². The third kappa shape index (κ3) is 4.20. The van der Waals surface area contributed by atoms with E-state index in [2.05, 4.69) is 21.3 Å². The summed E-state index contributed by atoms with van der Waals surface area (Å²) in [7, 11) is 0.